The van der Waals surface area contributed by atoms with E-state index in [4.69, 9.17) is 11.6 Å². The molecular weight excluding hydrogens is 378 g/mol. The number of likely N-dealkylation sites (tertiary alicyclic amines) is 1. The average Bonchev–Trinajstić information content (AvgIpc) is 3.16. The van der Waals surface area contributed by atoms with Crippen molar-refractivity contribution in [3.8, 4) is 11.3 Å². The van der Waals surface area contributed by atoms with Gasteiger partial charge in [-0.1, -0.05) is 43.2 Å². The van der Waals surface area contributed by atoms with Crippen LogP contribution in [0.25, 0.3) is 11.3 Å². The second kappa shape index (κ2) is 7.33. The molecule has 7 heteroatoms. The zero-order chi connectivity index (χ0) is 19.8. The molecule has 1 aliphatic heterocycles. The summed E-state index contributed by atoms with van der Waals surface area (Å²) >= 11 is 5.71. The Morgan fingerprint density at radius 1 is 1.18 bits per heavy atom. The van der Waals surface area contributed by atoms with Crippen molar-refractivity contribution < 1.29 is 9.90 Å². The molecule has 1 amide bonds. The van der Waals surface area contributed by atoms with E-state index in [1.54, 1.807) is 4.90 Å². The van der Waals surface area contributed by atoms with E-state index in [9.17, 15) is 14.7 Å². The molecule has 6 nitrogen and oxygen atoms in total. The maximum absolute atomic E-state index is 12.7. The standard InChI is InChI=1S/C21H24ClN3O3/c22-19(27)24-11-10-21(28,20(13-24)8-4-5-9-20)14-25-15-23-17(12-18(25)26)16-6-2-1-3-7-16/h1-3,6-7,12,15,28H,4-5,8-11,13-14H2. The van der Waals surface area contributed by atoms with E-state index >= 15 is 0 Å². The van der Waals surface area contributed by atoms with Gasteiger partial charge in [-0.25, -0.2) is 4.98 Å². The zero-order valence-corrected chi connectivity index (χ0v) is 16.4. The minimum atomic E-state index is -1.06. The number of hydrogen-bond donors (Lipinski definition) is 1. The van der Waals surface area contributed by atoms with Gasteiger partial charge in [0.1, 0.15) is 0 Å². The minimum absolute atomic E-state index is 0.179. The number of carbonyl (C=O) groups is 1. The highest BCUT2D eigenvalue weighted by molar-refractivity contribution is 6.62. The van der Waals surface area contributed by atoms with E-state index in [1.807, 2.05) is 30.3 Å². The summed E-state index contributed by atoms with van der Waals surface area (Å²) in [5.74, 6) is 0. The Labute approximate surface area is 168 Å². The number of amides is 1. The van der Waals surface area contributed by atoms with E-state index in [0.29, 0.717) is 25.2 Å². The van der Waals surface area contributed by atoms with Crippen LogP contribution in [0.15, 0.2) is 47.5 Å². The first-order valence-electron chi connectivity index (χ1n) is 9.71. The third kappa shape index (κ3) is 3.35. The summed E-state index contributed by atoms with van der Waals surface area (Å²) in [7, 11) is 0. The van der Waals surface area contributed by atoms with Gasteiger partial charge in [0.15, 0.2) is 0 Å². The first-order chi connectivity index (χ1) is 13.4. The van der Waals surface area contributed by atoms with Crippen LogP contribution in [0.3, 0.4) is 0 Å². The number of nitrogens with zero attached hydrogens (tertiary/aromatic N) is 3. The minimum Gasteiger partial charge on any atom is -0.387 e. The lowest BCUT2D eigenvalue weighted by atomic mass is 9.66. The predicted octanol–water partition coefficient (Wildman–Crippen LogP) is 3.27. The molecule has 1 saturated heterocycles. The Hall–Kier alpha value is -2.18. The lowest BCUT2D eigenvalue weighted by molar-refractivity contribution is -0.133. The molecular formula is C21H24ClN3O3. The third-order valence-electron chi connectivity index (χ3n) is 6.47. The van der Waals surface area contributed by atoms with Gasteiger partial charge in [-0.3, -0.25) is 14.2 Å². The molecule has 1 aliphatic carbocycles. The van der Waals surface area contributed by atoms with Crippen LogP contribution in [0.4, 0.5) is 4.79 Å². The molecule has 1 atom stereocenters. The van der Waals surface area contributed by atoms with Crippen molar-refractivity contribution in [1.82, 2.24) is 14.5 Å². The SMILES string of the molecule is O=C(Cl)N1CCC(O)(Cn2cnc(-c3ccccc3)cc2=O)C2(CCCC2)C1. The molecule has 1 saturated carbocycles. The van der Waals surface area contributed by atoms with E-state index in [2.05, 4.69) is 4.98 Å². The molecule has 2 aliphatic rings. The van der Waals surface area contributed by atoms with Gasteiger partial charge in [-0.2, -0.15) is 0 Å². The Balaban J connectivity index is 1.62. The Kier molecular flexibility index (Phi) is 5.02. The van der Waals surface area contributed by atoms with Gasteiger partial charge in [-0.05, 0) is 30.9 Å². The van der Waals surface area contributed by atoms with Crippen molar-refractivity contribution in [2.45, 2.75) is 44.2 Å². The number of piperidine rings is 1. The highest BCUT2D eigenvalue weighted by Gasteiger charge is 2.55. The summed E-state index contributed by atoms with van der Waals surface area (Å²) in [5.41, 5.74) is -0.177. The molecule has 1 aromatic heterocycles. The fourth-order valence-corrected chi connectivity index (χ4v) is 4.99. The first-order valence-corrected chi connectivity index (χ1v) is 10.1. The molecule has 1 N–H and O–H groups in total. The lowest BCUT2D eigenvalue weighted by Crippen LogP contribution is -2.61. The fourth-order valence-electron chi connectivity index (χ4n) is 4.84. The highest BCUT2D eigenvalue weighted by atomic mass is 35.5. The largest absolute Gasteiger partial charge is 0.387 e. The van der Waals surface area contributed by atoms with E-state index < -0.39 is 16.4 Å². The van der Waals surface area contributed by atoms with Crippen LogP contribution >= 0.6 is 11.6 Å². The Morgan fingerprint density at radius 2 is 1.89 bits per heavy atom. The smallest absolute Gasteiger partial charge is 0.316 e. The third-order valence-corrected chi connectivity index (χ3v) is 6.71. The van der Waals surface area contributed by atoms with E-state index in [1.165, 1.54) is 17.0 Å². The maximum atomic E-state index is 12.7. The van der Waals surface area contributed by atoms with Crippen LogP contribution in [0.2, 0.25) is 0 Å². The molecule has 148 valence electrons. The normalized spacial score (nSPS) is 23.9. The van der Waals surface area contributed by atoms with Crippen LogP contribution in [-0.4, -0.2) is 43.6 Å². The second-order valence-corrected chi connectivity index (χ2v) is 8.37. The first kappa shape index (κ1) is 19.2. The molecule has 2 heterocycles. The zero-order valence-electron chi connectivity index (χ0n) is 15.7. The number of carbonyl (C=O) groups excluding carboxylic acids is 1. The predicted molar refractivity (Wildman–Crippen MR) is 107 cm³/mol. The summed E-state index contributed by atoms with van der Waals surface area (Å²) < 4.78 is 1.49. The number of aliphatic hydroxyl groups is 1. The van der Waals surface area contributed by atoms with E-state index in [-0.39, 0.29) is 12.1 Å². The molecule has 28 heavy (non-hydrogen) atoms. The van der Waals surface area contributed by atoms with Gasteiger partial charge in [-0.15, -0.1) is 0 Å². The van der Waals surface area contributed by atoms with Gasteiger partial charge < -0.3 is 10.0 Å². The summed E-state index contributed by atoms with van der Waals surface area (Å²) in [4.78, 5) is 30.5. The second-order valence-electron chi connectivity index (χ2n) is 8.05. The topological polar surface area (TPSA) is 75.4 Å². The van der Waals surface area contributed by atoms with Crippen LogP contribution in [0.1, 0.15) is 32.1 Å². The molecule has 4 rings (SSSR count). The summed E-state index contributed by atoms with van der Waals surface area (Å²) in [6.45, 7) is 1.01. The molecule has 0 radical (unpaired) electrons. The number of rotatable bonds is 3. The number of aromatic nitrogens is 2. The van der Waals surface area contributed by atoms with Crippen molar-refractivity contribution in [3.05, 3.63) is 53.1 Å². The maximum Gasteiger partial charge on any atom is 0.316 e. The molecule has 1 unspecified atom stereocenters. The molecule has 0 bridgehead atoms. The van der Waals surface area contributed by atoms with Gasteiger partial charge in [0.05, 0.1) is 24.2 Å². The summed E-state index contributed by atoms with van der Waals surface area (Å²) in [5, 5.41) is 11.1. The van der Waals surface area contributed by atoms with Crippen LogP contribution in [-0.2, 0) is 6.54 Å². The van der Waals surface area contributed by atoms with Crippen molar-refractivity contribution in [3.63, 3.8) is 0 Å². The van der Waals surface area contributed by atoms with Crippen molar-refractivity contribution >= 4 is 17.0 Å². The van der Waals surface area contributed by atoms with Crippen LogP contribution in [0.5, 0.6) is 0 Å². The molecule has 2 aromatic rings. The molecule has 1 aromatic carbocycles. The van der Waals surface area contributed by atoms with Crippen LogP contribution < -0.4 is 5.56 Å². The van der Waals surface area contributed by atoms with Crippen molar-refractivity contribution in [2.75, 3.05) is 13.1 Å². The number of halogens is 1. The average molecular weight is 402 g/mol. The van der Waals surface area contributed by atoms with Gasteiger partial charge in [0.2, 0.25) is 0 Å². The monoisotopic (exact) mass is 401 g/mol. The fraction of sp³-hybridized carbons (Fsp3) is 0.476. The van der Waals surface area contributed by atoms with Gasteiger partial charge >= 0.3 is 5.37 Å². The lowest BCUT2D eigenvalue weighted by Gasteiger charge is -2.52. The number of benzene rings is 1. The van der Waals surface area contributed by atoms with Crippen molar-refractivity contribution in [2.24, 2.45) is 5.41 Å². The highest BCUT2D eigenvalue weighted by Crippen LogP contribution is 2.51. The molecule has 1 spiro atoms. The Morgan fingerprint density at radius 3 is 2.54 bits per heavy atom. The van der Waals surface area contributed by atoms with Crippen molar-refractivity contribution in [1.29, 1.82) is 0 Å². The number of hydrogen-bond acceptors (Lipinski definition) is 4. The van der Waals surface area contributed by atoms with Gasteiger partial charge in [0.25, 0.3) is 5.56 Å². The van der Waals surface area contributed by atoms with Gasteiger partial charge in [0, 0.05) is 30.1 Å². The molecule has 2 fully saturated rings. The van der Waals surface area contributed by atoms with E-state index in [0.717, 1.165) is 31.2 Å². The van der Waals surface area contributed by atoms with Crippen LogP contribution in [0, 0.1) is 5.41 Å². The quantitative estimate of drug-likeness (QED) is 0.632. The summed E-state index contributed by atoms with van der Waals surface area (Å²) in [6.07, 6.45) is 5.59. The summed E-state index contributed by atoms with van der Waals surface area (Å²) in [6, 6.07) is 11.1. The Bertz CT molecular complexity index is 924.